The molecule has 0 bridgehead atoms. The molecule has 20 heavy (non-hydrogen) atoms. The van der Waals surface area contributed by atoms with E-state index in [0.717, 1.165) is 6.42 Å². The molecule has 0 saturated carbocycles. The molecule has 0 unspecified atom stereocenters. The van der Waals surface area contributed by atoms with Crippen LogP contribution < -0.4 is 4.74 Å². The van der Waals surface area contributed by atoms with Gasteiger partial charge in [0.25, 0.3) is 0 Å². The summed E-state index contributed by atoms with van der Waals surface area (Å²) in [7, 11) is 1.63. The minimum Gasteiger partial charge on any atom is -0.493 e. The van der Waals surface area contributed by atoms with Gasteiger partial charge in [0.15, 0.2) is 0 Å². The number of hydrogen-bond acceptors (Lipinski definition) is 3. The number of hydrogen-bond donors (Lipinski definition) is 0. The lowest BCUT2D eigenvalue weighted by molar-refractivity contribution is 0.0644. The first-order valence-corrected chi connectivity index (χ1v) is 6.84. The lowest BCUT2D eigenvalue weighted by atomic mass is 10.2. The predicted octanol–water partition coefficient (Wildman–Crippen LogP) is 2.85. The van der Waals surface area contributed by atoms with Crippen LogP contribution in [0.3, 0.4) is 0 Å². The molecular weight excluding hydrogens is 283 g/mol. The SMILES string of the molecule is COCCOCCCOc1cc(F)cc(C#CCCl)c1. The molecule has 0 heterocycles. The van der Waals surface area contributed by atoms with Gasteiger partial charge in [-0.2, -0.15) is 0 Å². The maximum absolute atomic E-state index is 13.4. The molecule has 3 nitrogen and oxygen atoms in total. The Morgan fingerprint density at radius 1 is 1.15 bits per heavy atom. The highest BCUT2D eigenvalue weighted by Gasteiger charge is 2.00. The van der Waals surface area contributed by atoms with Crippen LogP contribution in [0.4, 0.5) is 4.39 Å². The summed E-state index contributed by atoms with van der Waals surface area (Å²) >= 11 is 5.46. The fraction of sp³-hybridized carbons (Fsp3) is 0.467. The molecule has 1 aromatic carbocycles. The lowest BCUT2D eigenvalue weighted by Gasteiger charge is -2.07. The zero-order valence-corrected chi connectivity index (χ0v) is 12.2. The van der Waals surface area contributed by atoms with E-state index in [0.29, 0.717) is 37.7 Å². The van der Waals surface area contributed by atoms with Crippen LogP contribution in [0.15, 0.2) is 18.2 Å². The molecule has 0 N–H and O–H groups in total. The molecule has 0 aliphatic heterocycles. The van der Waals surface area contributed by atoms with Crippen LogP contribution in [0.2, 0.25) is 0 Å². The molecule has 0 amide bonds. The van der Waals surface area contributed by atoms with E-state index in [4.69, 9.17) is 25.8 Å². The molecule has 1 rings (SSSR count). The second kappa shape index (κ2) is 10.5. The quantitative estimate of drug-likeness (QED) is 0.420. The lowest BCUT2D eigenvalue weighted by Crippen LogP contribution is -2.07. The van der Waals surface area contributed by atoms with E-state index in [1.807, 2.05) is 0 Å². The average Bonchev–Trinajstić information content (AvgIpc) is 2.43. The Hall–Kier alpha value is -1.28. The molecule has 0 fully saturated rings. The first-order valence-electron chi connectivity index (χ1n) is 6.31. The Balaban J connectivity index is 2.34. The Kier molecular flexibility index (Phi) is 8.81. The number of methoxy groups -OCH3 is 1. The van der Waals surface area contributed by atoms with Crippen LogP contribution in [0.25, 0.3) is 0 Å². The summed E-state index contributed by atoms with van der Waals surface area (Å²) in [4.78, 5) is 0. The largest absolute Gasteiger partial charge is 0.493 e. The summed E-state index contributed by atoms with van der Waals surface area (Å²) in [5.41, 5.74) is 0.553. The van der Waals surface area contributed by atoms with Crippen LogP contribution in [-0.4, -0.2) is 39.4 Å². The topological polar surface area (TPSA) is 27.7 Å². The molecule has 110 valence electrons. The van der Waals surface area contributed by atoms with Crippen molar-refractivity contribution in [1.82, 2.24) is 0 Å². The summed E-state index contributed by atoms with van der Waals surface area (Å²) in [6.07, 6.45) is 0.725. The standard InChI is InChI=1S/C15H18ClFO3/c1-18-8-9-19-6-3-7-20-15-11-13(4-2-5-16)10-14(17)12-15/h10-12H,3,5-9H2,1H3. The number of alkyl halides is 1. The van der Waals surface area contributed by atoms with Crippen molar-refractivity contribution in [2.45, 2.75) is 6.42 Å². The van der Waals surface area contributed by atoms with Crippen molar-refractivity contribution in [3.05, 3.63) is 29.6 Å². The summed E-state index contributed by atoms with van der Waals surface area (Å²) in [5, 5.41) is 0. The third kappa shape index (κ3) is 7.34. The van der Waals surface area contributed by atoms with Crippen molar-refractivity contribution in [2.24, 2.45) is 0 Å². The Labute approximate surface area is 124 Å². The summed E-state index contributed by atoms with van der Waals surface area (Å²) in [5.74, 6) is 5.73. The van der Waals surface area contributed by atoms with Gasteiger partial charge in [-0.05, 0) is 12.1 Å². The molecule has 0 spiro atoms. The van der Waals surface area contributed by atoms with Gasteiger partial charge in [-0.15, -0.1) is 11.6 Å². The van der Waals surface area contributed by atoms with Crippen molar-refractivity contribution in [3.63, 3.8) is 0 Å². The Morgan fingerprint density at radius 3 is 2.75 bits per heavy atom. The van der Waals surface area contributed by atoms with Crippen molar-refractivity contribution in [1.29, 1.82) is 0 Å². The third-order valence-electron chi connectivity index (χ3n) is 2.30. The highest BCUT2D eigenvalue weighted by atomic mass is 35.5. The van der Waals surface area contributed by atoms with Crippen LogP contribution in [0.1, 0.15) is 12.0 Å². The second-order valence-electron chi connectivity index (χ2n) is 3.92. The van der Waals surface area contributed by atoms with Crippen molar-refractivity contribution in [2.75, 3.05) is 39.4 Å². The molecule has 0 radical (unpaired) electrons. The van der Waals surface area contributed by atoms with E-state index in [2.05, 4.69) is 11.8 Å². The Morgan fingerprint density at radius 2 is 2.00 bits per heavy atom. The van der Waals surface area contributed by atoms with Gasteiger partial charge in [-0.1, -0.05) is 11.8 Å². The van der Waals surface area contributed by atoms with Crippen LogP contribution in [0, 0.1) is 17.7 Å². The van der Waals surface area contributed by atoms with Crippen LogP contribution in [0.5, 0.6) is 5.75 Å². The van der Waals surface area contributed by atoms with E-state index >= 15 is 0 Å². The average molecular weight is 301 g/mol. The summed E-state index contributed by atoms with van der Waals surface area (Å²) in [6.45, 7) is 2.18. The normalized spacial score (nSPS) is 9.95. The predicted molar refractivity (Wildman–Crippen MR) is 76.8 cm³/mol. The minimum atomic E-state index is -0.377. The first-order chi connectivity index (χ1) is 9.76. The van der Waals surface area contributed by atoms with Crippen molar-refractivity contribution >= 4 is 11.6 Å². The van der Waals surface area contributed by atoms with Crippen molar-refractivity contribution < 1.29 is 18.6 Å². The van der Waals surface area contributed by atoms with Crippen LogP contribution in [-0.2, 0) is 9.47 Å². The molecule has 5 heteroatoms. The van der Waals surface area contributed by atoms with Gasteiger partial charge >= 0.3 is 0 Å². The zero-order chi connectivity index (χ0) is 14.6. The third-order valence-corrected chi connectivity index (χ3v) is 2.44. The fourth-order valence-electron chi connectivity index (χ4n) is 1.45. The Bertz CT molecular complexity index is 454. The van der Waals surface area contributed by atoms with Gasteiger partial charge in [0, 0.05) is 31.8 Å². The van der Waals surface area contributed by atoms with Gasteiger partial charge in [0.1, 0.15) is 11.6 Å². The monoisotopic (exact) mass is 300 g/mol. The van der Waals surface area contributed by atoms with Crippen molar-refractivity contribution in [3.8, 4) is 17.6 Å². The van der Waals surface area contributed by atoms with E-state index in [9.17, 15) is 4.39 Å². The van der Waals surface area contributed by atoms with E-state index in [-0.39, 0.29) is 11.7 Å². The van der Waals surface area contributed by atoms with Gasteiger partial charge in [-0.3, -0.25) is 0 Å². The van der Waals surface area contributed by atoms with Gasteiger partial charge in [0.05, 0.1) is 25.7 Å². The molecule has 0 aliphatic rings. The summed E-state index contributed by atoms with van der Waals surface area (Å²) in [6, 6.07) is 4.37. The molecule has 0 saturated heterocycles. The molecule has 1 aromatic rings. The van der Waals surface area contributed by atoms with E-state index in [1.54, 1.807) is 13.2 Å². The highest BCUT2D eigenvalue weighted by Crippen LogP contribution is 2.16. The smallest absolute Gasteiger partial charge is 0.128 e. The molecular formula is C15H18ClFO3. The minimum absolute atomic E-state index is 0.214. The zero-order valence-electron chi connectivity index (χ0n) is 11.5. The fourth-order valence-corrected chi connectivity index (χ4v) is 1.52. The highest BCUT2D eigenvalue weighted by molar-refractivity contribution is 6.19. The van der Waals surface area contributed by atoms with Gasteiger partial charge in [-0.25, -0.2) is 4.39 Å². The van der Waals surface area contributed by atoms with Gasteiger partial charge in [0.2, 0.25) is 0 Å². The maximum atomic E-state index is 13.4. The number of ether oxygens (including phenoxy) is 3. The molecule has 0 aromatic heterocycles. The van der Waals surface area contributed by atoms with Gasteiger partial charge < -0.3 is 14.2 Å². The summed E-state index contributed by atoms with van der Waals surface area (Å²) < 4.78 is 29.0. The van der Waals surface area contributed by atoms with Crippen LogP contribution >= 0.6 is 11.6 Å². The van der Waals surface area contributed by atoms with E-state index < -0.39 is 0 Å². The number of halogens is 2. The van der Waals surface area contributed by atoms with E-state index in [1.165, 1.54) is 12.1 Å². The molecule has 0 aliphatic carbocycles. The number of rotatable bonds is 8. The maximum Gasteiger partial charge on any atom is 0.128 e. The molecule has 0 atom stereocenters. The second-order valence-corrected chi connectivity index (χ2v) is 4.19. The first kappa shape index (κ1) is 16.8. The number of benzene rings is 1.